The van der Waals surface area contributed by atoms with Gasteiger partial charge in [-0.25, -0.2) is 4.39 Å². The monoisotopic (exact) mass is 350 g/mol. The fourth-order valence-electron chi connectivity index (χ4n) is 2.81. The van der Waals surface area contributed by atoms with Crippen LogP contribution in [0.5, 0.6) is 0 Å². The van der Waals surface area contributed by atoms with Gasteiger partial charge in [0.2, 0.25) is 11.8 Å². The first-order valence-electron chi connectivity index (χ1n) is 8.80. The molecule has 2 amide bonds. The minimum atomic E-state index is -0.543. The molecule has 2 N–H and O–H groups in total. The lowest BCUT2D eigenvalue weighted by molar-refractivity contribution is -0.129. The van der Waals surface area contributed by atoms with Gasteiger partial charge in [0.25, 0.3) is 0 Å². The molecule has 2 rings (SSSR count). The summed E-state index contributed by atoms with van der Waals surface area (Å²) in [6, 6.07) is 6.19. The summed E-state index contributed by atoms with van der Waals surface area (Å²) in [5.41, 5.74) is 0.604. The molecule has 0 saturated carbocycles. The molecule has 1 atom stereocenters. The van der Waals surface area contributed by atoms with Crippen LogP contribution in [0.4, 0.5) is 10.1 Å². The molecule has 0 spiro atoms. The highest BCUT2D eigenvalue weighted by molar-refractivity contribution is 5.87. The minimum absolute atomic E-state index is 0.167. The number of hydrogen-bond acceptors (Lipinski definition) is 4. The fraction of sp³-hybridized carbons (Fsp3) is 0.556. The van der Waals surface area contributed by atoms with Crippen LogP contribution < -0.4 is 15.5 Å². The lowest BCUT2D eigenvalue weighted by Crippen LogP contribution is -2.52. The van der Waals surface area contributed by atoms with Crippen molar-refractivity contribution in [3.63, 3.8) is 0 Å². The molecule has 1 aromatic rings. The molecule has 1 aliphatic rings. The fourth-order valence-corrected chi connectivity index (χ4v) is 2.81. The van der Waals surface area contributed by atoms with Gasteiger partial charge in [-0.1, -0.05) is 19.1 Å². The largest absolute Gasteiger partial charge is 0.367 e. The zero-order valence-corrected chi connectivity index (χ0v) is 14.9. The van der Waals surface area contributed by atoms with Crippen molar-refractivity contribution in [3.05, 3.63) is 30.1 Å². The van der Waals surface area contributed by atoms with Gasteiger partial charge in [0.15, 0.2) is 0 Å². The summed E-state index contributed by atoms with van der Waals surface area (Å²) in [7, 11) is 0. The number of halogens is 1. The SMILES string of the molecule is CCCNC(=O)[C@H](C)NC(=O)CN1CCN(c2ccccc2F)CC1. The molecule has 0 bridgehead atoms. The Hall–Kier alpha value is -2.15. The van der Waals surface area contributed by atoms with Crippen LogP contribution in [0.1, 0.15) is 20.3 Å². The number of nitrogens with zero attached hydrogens (tertiary/aromatic N) is 2. The van der Waals surface area contributed by atoms with Crippen LogP contribution in [-0.4, -0.2) is 62.0 Å². The van der Waals surface area contributed by atoms with E-state index in [0.717, 1.165) is 6.42 Å². The van der Waals surface area contributed by atoms with E-state index >= 15 is 0 Å². The Kier molecular flexibility index (Phi) is 7.18. The minimum Gasteiger partial charge on any atom is -0.367 e. The van der Waals surface area contributed by atoms with E-state index in [4.69, 9.17) is 0 Å². The summed E-state index contributed by atoms with van der Waals surface area (Å²) < 4.78 is 13.8. The number of carbonyl (C=O) groups excluding carboxylic acids is 2. The van der Waals surface area contributed by atoms with Crippen LogP contribution in [0, 0.1) is 5.82 Å². The molecule has 7 heteroatoms. The number of carbonyl (C=O) groups is 2. The third-order valence-electron chi connectivity index (χ3n) is 4.25. The van der Waals surface area contributed by atoms with Gasteiger partial charge in [-0.2, -0.15) is 0 Å². The van der Waals surface area contributed by atoms with Crippen molar-refractivity contribution in [3.8, 4) is 0 Å². The molecule has 0 aliphatic carbocycles. The van der Waals surface area contributed by atoms with Gasteiger partial charge < -0.3 is 15.5 Å². The van der Waals surface area contributed by atoms with Crippen LogP contribution in [0.3, 0.4) is 0 Å². The summed E-state index contributed by atoms with van der Waals surface area (Å²) in [6.07, 6.45) is 0.860. The Morgan fingerprint density at radius 1 is 1.20 bits per heavy atom. The average Bonchev–Trinajstić information content (AvgIpc) is 2.60. The van der Waals surface area contributed by atoms with Gasteiger partial charge in [0, 0.05) is 32.7 Å². The highest BCUT2D eigenvalue weighted by Crippen LogP contribution is 2.19. The van der Waals surface area contributed by atoms with Gasteiger partial charge in [0.05, 0.1) is 12.2 Å². The molecule has 1 fully saturated rings. The molecular weight excluding hydrogens is 323 g/mol. The second kappa shape index (κ2) is 9.36. The maximum atomic E-state index is 13.8. The van der Waals surface area contributed by atoms with Gasteiger partial charge in [-0.15, -0.1) is 0 Å². The van der Waals surface area contributed by atoms with Gasteiger partial charge in [-0.3, -0.25) is 14.5 Å². The van der Waals surface area contributed by atoms with Crippen molar-refractivity contribution in [2.75, 3.05) is 44.2 Å². The maximum absolute atomic E-state index is 13.8. The van der Waals surface area contributed by atoms with E-state index in [1.807, 2.05) is 22.8 Å². The van der Waals surface area contributed by atoms with E-state index in [0.29, 0.717) is 38.4 Å². The smallest absolute Gasteiger partial charge is 0.242 e. The van der Waals surface area contributed by atoms with E-state index in [9.17, 15) is 14.0 Å². The van der Waals surface area contributed by atoms with E-state index in [-0.39, 0.29) is 24.2 Å². The number of rotatable bonds is 7. The number of piperazine rings is 1. The topological polar surface area (TPSA) is 64.7 Å². The van der Waals surface area contributed by atoms with Crippen LogP contribution in [-0.2, 0) is 9.59 Å². The Balaban J connectivity index is 1.75. The summed E-state index contributed by atoms with van der Waals surface area (Å²) in [5, 5.41) is 5.48. The van der Waals surface area contributed by atoms with Crippen LogP contribution in [0.15, 0.2) is 24.3 Å². The lowest BCUT2D eigenvalue weighted by Gasteiger charge is -2.35. The maximum Gasteiger partial charge on any atom is 0.242 e. The highest BCUT2D eigenvalue weighted by atomic mass is 19.1. The summed E-state index contributed by atoms with van der Waals surface area (Å²) >= 11 is 0. The van der Waals surface area contributed by atoms with E-state index in [1.165, 1.54) is 6.07 Å². The number of para-hydroxylation sites is 1. The molecule has 1 saturated heterocycles. The number of benzene rings is 1. The van der Waals surface area contributed by atoms with Crippen molar-refractivity contribution in [1.29, 1.82) is 0 Å². The first kappa shape index (κ1) is 19.2. The van der Waals surface area contributed by atoms with E-state index < -0.39 is 6.04 Å². The molecular formula is C18H27FN4O2. The average molecular weight is 350 g/mol. The Bertz CT molecular complexity index is 588. The zero-order valence-electron chi connectivity index (χ0n) is 14.9. The zero-order chi connectivity index (χ0) is 18.2. The van der Waals surface area contributed by atoms with E-state index in [1.54, 1.807) is 19.1 Å². The third kappa shape index (κ3) is 5.70. The molecule has 25 heavy (non-hydrogen) atoms. The second-order valence-corrected chi connectivity index (χ2v) is 6.29. The summed E-state index contributed by atoms with van der Waals surface area (Å²) in [6.45, 7) is 7.20. The first-order valence-corrected chi connectivity index (χ1v) is 8.80. The first-order chi connectivity index (χ1) is 12.0. The predicted molar refractivity (Wildman–Crippen MR) is 96.0 cm³/mol. The lowest BCUT2D eigenvalue weighted by atomic mass is 10.2. The molecule has 138 valence electrons. The standard InChI is InChI=1S/C18H27FN4O2/c1-3-8-20-18(25)14(2)21-17(24)13-22-9-11-23(12-10-22)16-7-5-4-6-15(16)19/h4-7,14H,3,8-13H2,1-2H3,(H,20,25)(H,21,24)/t14-/m0/s1. The molecule has 1 heterocycles. The Morgan fingerprint density at radius 3 is 2.52 bits per heavy atom. The van der Waals surface area contributed by atoms with Gasteiger partial charge in [-0.05, 0) is 25.5 Å². The van der Waals surface area contributed by atoms with Crippen LogP contribution in [0.25, 0.3) is 0 Å². The van der Waals surface area contributed by atoms with Crippen molar-refractivity contribution in [2.45, 2.75) is 26.3 Å². The van der Waals surface area contributed by atoms with E-state index in [2.05, 4.69) is 10.6 Å². The van der Waals surface area contributed by atoms with Crippen LogP contribution >= 0.6 is 0 Å². The molecule has 0 unspecified atom stereocenters. The Morgan fingerprint density at radius 2 is 1.88 bits per heavy atom. The summed E-state index contributed by atoms with van der Waals surface area (Å²) in [4.78, 5) is 27.9. The number of nitrogens with one attached hydrogen (secondary N) is 2. The quantitative estimate of drug-likeness (QED) is 0.769. The molecule has 1 aliphatic heterocycles. The predicted octanol–water partition coefficient (Wildman–Crippen LogP) is 0.979. The third-order valence-corrected chi connectivity index (χ3v) is 4.25. The molecule has 6 nitrogen and oxygen atoms in total. The number of hydrogen-bond donors (Lipinski definition) is 2. The normalized spacial score (nSPS) is 16.4. The second-order valence-electron chi connectivity index (χ2n) is 6.29. The van der Waals surface area contributed by atoms with Gasteiger partial charge >= 0.3 is 0 Å². The number of anilines is 1. The Labute approximate surface area is 148 Å². The molecule has 0 radical (unpaired) electrons. The van der Waals surface area contributed by atoms with Crippen LogP contribution in [0.2, 0.25) is 0 Å². The molecule has 1 aromatic carbocycles. The van der Waals surface area contributed by atoms with Crippen molar-refractivity contribution in [2.24, 2.45) is 0 Å². The van der Waals surface area contributed by atoms with Crippen molar-refractivity contribution >= 4 is 17.5 Å². The van der Waals surface area contributed by atoms with Crippen molar-refractivity contribution in [1.82, 2.24) is 15.5 Å². The van der Waals surface area contributed by atoms with Gasteiger partial charge in [0.1, 0.15) is 11.9 Å². The summed E-state index contributed by atoms with van der Waals surface area (Å²) in [5.74, 6) is -0.557. The number of amides is 2. The molecule has 0 aromatic heterocycles. The highest BCUT2D eigenvalue weighted by Gasteiger charge is 2.22. The van der Waals surface area contributed by atoms with Crippen molar-refractivity contribution < 1.29 is 14.0 Å².